The molecule has 0 radical (unpaired) electrons. The Balaban J connectivity index is 0. The van der Waals surface area contributed by atoms with Crippen LogP contribution >= 0.6 is 0 Å². The Hall–Kier alpha value is 1.22. The molecule has 0 bridgehead atoms. The van der Waals surface area contributed by atoms with Crippen molar-refractivity contribution in [2.45, 2.75) is 0 Å². The van der Waals surface area contributed by atoms with Gasteiger partial charge in [0.15, 0.2) is 0 Å². The van der Waals surface area contributed by atoms with Gasteiger partial charge in [0.25, 0.3) is 0 Å². The van der Waals surface area contributed by atoms with Crippen molar-refractivity contribution in [3.63, 3.8) is 0 Å². The van der Waals surface area contributed by atoms with E-state index < -0.39 is 0 Å². The minimum atomic E-state index is 0. The van der Waals surface area contributed by atoms with E-state index in [2.05, 4.69) is 0 Å². The minimum absolute atomic E-state index is 0. The molecule has 0 rings (SSSR count). The first-order chi connectivity index (χ1) is 0. The van der Waals surface area contributed by atoms with Gasteiger partial charge in [-0.1, -0.05) is 0 Å². The molecule has 0 aliphatic carbocycles. The van der Waals surface area contributed by atoms with Crippen molar-refractivity contribution in [2.75, 3.05) is 0 Å². The molecule has 20 valence electrons. The Morgan fingerprint density at radius 1 is 1.25 bits per heavy atom. The molecule has 0 spiro atoms. The summed E-state index contributed by atoms with van der Waals surface area (Å²) in [7, 11) is 0. The average molecular weight is 87.3 g/mol. The minimum Gasteiger partial charge on any atom is -2.00 e. The number of rotatable bonds is 0. The average Bonchev–Trinajstić information content (AvgIpc) is 0. The van der Waals surface area contributed by atoms with E-state index in [1.807, 2.05) is 0 Å². The van der Waals surface area contributed by atoms with Crippen molar-refractivity contribution in [3.8, 4) is 0 Å². The van der Waals surface area contributed by atoms with Gasteiger partial charge >= 0.3 is 40.4 Å². The first-order valence-corrected chi connectivity index (χ1v) is 0. The Bertz CT molecular complexity index is 11.5. The third kappa shape index (κ3) is 10.7. The molecule has 2 nitrogen and oxygen atoms in total. The monoisotopic (exact) mass is 87.0 g/mol. The second-order valence-corrected chi connectivity index (χ2v) is 0. The predicted octanol–water partition coefficient (Wildman–Crippen LogP) is -1.48. The van der Waals surface area contributed by atoms with Crippen LogP contribution in [0, 0.1) is 0 Å². The van der Waals surface area contributed by atoms with Crippen LogP contribution < -0.4 is 0 Å². The molecule has 0 fully saturated rings. The van der Waals surface area contributed by atoms with Crippen molar-refractivity contribution in [1.29, 1.82) is 0 Å². The molecule has 0 saturated carbocycles. The fourth-order valence-electron chi connectivity index (χ4n) is 0. The van der Waals surface area contributed by atoms with Gasteiger partial charge in [0.05, 0.1) is 0 Å². The van der Waals surface area contributed by atoms with Gasteiger partial charge in [0, 0.05) is 0 Å². The number of hydrogen-bond acceptors (Lipinski definition) is 0. The van der Waals surface area contributed by atoms with Crippen LogP contribution in [-0.4, -0.2) is 45.9 Å². The Morgan fingerprint density at radius 2 is 1.25 bits per heavy atom. The summed E-state index contributed by atoms with van der Waals surface area (Å²) in [6.07, 6.45) is 0. The summed E-state index contributed by atoms with van der Waals surface area (Å²) in [5, 5.41) is 0. The maximum absolute atomic E-state index is 0. The van der Waals surface area contributed by atoms with E-state index in [-0.39, 0.29) is 54.2 Å². The molecule has 0 aromatic carbocycles. The fourth-order valence-corrected chi connectivity index (χ4v) is 0. The second kappa shape index (κ2) is 29.4. The van der Waals surface area contributed by atoms with E-state index in [1.54, 1.807) is 0 Å². The maximum Gasteiger partial charge on any atom is 3.00 e. The van der Waals surface area contributed by atoms with Crippen LogP contribution in [0.5, 0.6) is 0 Å². The summed E-state index contributed by atoms with van der Waals surface area (Å²) >= 11 is 0. The van der Waals surface area contributed by atoms with E-state index in [9.17, 15) is 0 Å². The predicted molar refractivity (Wildman–Crippen MR) is 18.0 cm³/mol. The molecule has 0 heterocycles. The molecule has 0 aliphatic rings. The maximum atomic E-state index is 0. The van der Waals surface area contributed by atoms with Gasteiger partial charge in [0.1, 0.15) is 0 Å². The second-order valence-electron chi connectivity index (χ2n) is 0. The van der Waals surface area contributed by atoms with Gasteiger partial charge in [-0.25, -0.2) is 0 Å². The van der Waals surface area contributed by atoms with E-state index >= 15 is 0 Å². The van der Waals surface area contributed by atoms with Gasteiger partial charge in [0.2, 0.25) is 0 Å². The Morgan fingerprint density at radius 3 is 1.25 bits per heavy atom. The van der Waals surface area contributed by atoms with Crippen molar-refractivity contribution in [3.05, 3.63) is 0 Å². The fraction of sp³-hybridized carbons (Fsp3) is 0. The molecular formula is H4AlMgO2+. The van der Waals surface area contributed by atoms with Gasteiger partial charge in [-0.15, -0.1) is 0 Å². The zero-order valence-electron chi connectivity index (χ0n) is 4.19. The van der Waals surface area contributed by atoms with Crippen LogP contribution in [0.2, 0.25) is 0 Å². The SMILES string of the molecule is O.[Al+3].[H-].[H-].[Mg+2].[O-2]. The molecule has 0 aromatic heterocycles. The summed E-state index contributed by atoms with van der Waals surface area (Å²) < 4.78 is 0. The Kier molecular flexibility index (Phi) is 460. The molecule has 0 atom stereocenters. The van der Waals surface area contributed by atoms with Crippen LogP contribution in [0.4, 0.5) is 0 Å². The van der Waals surface area contributed by atoms with Gasteiger partial charge in [-0.2, -0.15) is 0 Å². The normalized spacial score (nSPS) is 0. The van der Waals surface area contributed by atoms with Crippen LogP contribution in [0.3, 0.4) is 0 Å². The molecule has 0 aliphatic heterocycles. The van der Waals surface area contributed by atoms with Crippen LogP contribution in [0.25, 0.3) is 0 Å². The van der Waals surface area contributed by atoms with Crippen molar-refractivity contribution in [1.82, 2.24) is 0 Å². The van der Waals surface area contributed by atoms with E-state index in [0.717, 1.165) is 0 Å². The first kappa shape index (κ1) is 62.5. The van der Waals surface area contributed by atoms with Crippen LogP contribution in [0.15, 0.2) is 0 Å². The van der Waals surface area contributed by atoms with E-state index in [4.69, 9.17) is 0 Å². The van der Waals surface area contributed by atoms with Gasteiger partial charge in [-0.3, -0.25) is 0 Å². The third-order valence-electron chi connectivity index (χ3n) is 0. The van der Waals surface area contributed by atoms with E-state index in [1.165, 1.54) is 0 Å². The standard InChI is InChI=1S/Al.Mg.H2O.O.2H/h;;1H2;;;/q+3;+2;;-2;2*-1. The molecule has 4 heteroatoms. The number of hydrogen-bond donors (Lipinski definition) is 0. The molecule has 0 aromatic rings. The molecule has 0 amide bonds. The largest absolute Gasteiger partial charge is 3.00 e. The third-order valence-corrected chi connectivity index (χ3v) is 0. The summed E-state index contributed by atoms with van der Waals surface area (Å²) in [5.74, 6) is 0. The molecule has 0 saturated heterocycles. The molecular weight excluding hydrogens is 83.3 g/mol. The summed E-state index contributed by atoms with van der Waals surface area (Å²) in [6.45, 7) is 0. The van der Waals surface area contributed by atoms with Crippen LogP contribution in [0.1, 0.15) is 2.85 Å². The molecule has 4 heavy (non-hydrogen) atoms. The summed E-state index contributed by atoms with van der Waals surface area (Å²) in [6, 6.07) is 0. The van der Waals surface area contributed by atoms with Crippen molar-refractivity contribution < 1.29 is 13.8 Å². The van der Waals surface area contributed by atoms with Crippen LogP contribution in [-0.2, 0) is 5.48 Å². The van der Waals surface area contributed by atoms with E-state index in [0.29, 0.717) is 0 Å². The Labute approximate surface area is 54.4 Å². The summed E-state index contributed by atoms with van der Waals surface area (Å²) in [5.41, 5.74) is 0. The zero-order valence-corrected chi connectivity index (χ0v) is 4.76. The first-order valence-electron chi connectivity index (χ1n) is 0. The van der Waals surface area contributed by atoms with Crippen molar-refractivity contribution >= 4 is 40.4 Å². The topological polar surface area (TPSA) is 60.0 Å². The molecule has 2 N–H and O–H groups in total. The molecule has 0 unspecified atom stereocenters. The van der Waals surface area contributed by atoms with Crippen molar-refractivity contribution in [2.24, 2.45) is 0 Å². The smallest absolute Gasteiger partial charge is 2.00 e. The zero-order chi connectivity index (χ0) is 0. The van der Waals surface area contributed by atoms with Gasteiger partial charge in [-0.05, 0) is 0 Å². The summed E-state index contributed by atoms with van der Waals surface area (Å²) in [4.78, 5) is 0. The quantitative estimate of drug-likeness (QED) is 0.324. The van der Waals surface area contributed by atoms with Gasteiger partial charge < -0.3 is 13.8 Å².